The Labute approximate surface area is 126 Å². The number of pyridine rings is 1. The van der Waals surface area contributed by atoms with Crippen molar-refractivity contribution >= 4 is 33.4 Å². The van der Waals surface area contributed by atoms with Gasteiger partial charge in [0.2, 0.25) is 0 Å². The molecule has 0 fully saturated rings. The quantitative estimate of drug-likeness (QED) is 0.871. The van der Waals surface area contributed by atoms with Crippen LogP contribution in [-0.2, 0) is 14.8 Å². The second-order valence-electron chi connectivity index (χ2n) is 3.93. The van der Waals surface area contributed by atoms with E-state index in [1.165, 1.54) is 37.6 Å². The summed E-state index contributed by atoms with van der Waals surface area (Å²) >= 11 is 5.87. The van der Waals surface area contributed by atoms with Gasteiger partial charge in [0.25, 0.3) is 10.0 Å². The molecule has 110 valence electrons. The Bertz CT molecular complexity index is 777. The molecule has 0 saturated heterocycles. The molecule has 1 aromatic heterocycles. The van der Waals surface area contributed by atoms with E-state index >= 15 is 0 Å². The lowest BCUT2D eigenvalue weighted by atomic mass is 10.2. The standard InChI is InChI=1S/C13H11ClN2O4S/c1-20-13(17)9-5-2-3-7-11(9)21(18,19)16-12-10(14)6-4-8-15-12/h2-8H,1H3,(H,15,16). The van der Waals surface area contributed by atoms with Gasteiger partial charge in [-0.15, -0.1) is 0 Å². The largest absolute Gasteiger partial charge is 0.465 e. The first-order chi connectivity index (χ1) is 9.95. The molecule has 0 aliphatic carbocycles. The van der Waals surface area contributed by atoms with Crippen LogP contribution in [0.1, 0.15) is 10.4 Å². The summed E-state index contributed by atoms with van der Waals surface area (Å²) in [6.45, 7) is 0. The van der Waals surface area contributed by atoms with Crippen LogP contribution in [0.15, 0.2) is 47.5 Å². The molecular formula is C13H11ClN2O4S. The molecule has 0 atom stereocenters. The number of hydrogen-bond acceptors (Lipinski definition) is 5. The lowest BCUT2D eigenvalue weighted by Crippen LogP contribution is -2.18. The normalized spacial score (nSPS) is 11.0. The highest BCUT2D eigenvalue weighted by molar-refractivity contribution is 7.92. The van der Waals surface area contributed by atoms with Crippen molar-refractivity contribution in [1.82, 2.24) is 4.98 Å². The Morgan fingerprint density at radius 1 is 1.24 bits per heavy atom. The number of sulfonamides is 1. The van der Waals surface area contributed by atoms with Crippen LogP contribution in [0.5, 0.6) is 0 Å². The fourth-order valence-electron chi connectivity index (χ4n) is 1.62. The van der Waals surface area contributed by atoms with Crippen molar-refractivity contribution in [2.75, 3.05) is 11.8 Å². The zero-order valence-corrected chi connectivity index (χ0v) is 12.5. The van der Waals surface area contributed by atoms with E-state index in [1.807, 2.05) is 0 Å². The SMILES string of the molecule is COC(=O)c1ccccc1S(=O)(=O)Nc1ncccc1Cl. The van der Waals surface area contributed by atoms with Gasteiger partial charge in [0.1, 0.15) is 4.90 Å². The van der Waals surface area contributed by atoms with Crippen molar-refractivity contribution in [3.8, 4) is 0 Å². The number of methoxy groups -OCH3 is 1. The maximum absolute atomic E-state index is 12.4. The van der Waals surface area contributed by atoms with Crippen molar-refractivity contribution in [1.29, 1.82) is 0 Å². The molecular weight excluding hydrogens is 316 g/mol. The smallest absolute Gasteiger partial charge is 0.339 e. The molecule has 1 N–H and O–H groups in total. The van der Waals surface area contributed by atoms with Gasteiger partial charge >= 0.3 is 5.97 Å². The Kier molecular flexibility index (Phi) is 4.44. The van der Waals surface area contributed by atoms with Gasteiger partial charge < -0.3 is 4.74 Å². The summed E-state index contributed by atoms with van der Waals surface area (Å²) in [7, 11) is -2.84. The topological polar surface area (TPSA) is 85.4 Å². The van der Waals surface area contributed by atoms with Crippen molar-refractivity contribution in [2.45, 2.75) is 4.90 Å². The molecule has 8 heteroatoms. The number of rotatable bonds is 4. The number of carbonyl (C=O) groups excluding carboxylic acids is 1. The molecule has 0 saturated carbocycles. The van der Waals surface area contributed by atoms with E-state index in [-0.39, 0.29) is 21.3 Å². The lowest BCUT2D eigenvalue weighted by molar-refractivity contribution is 0.0596. The molecule has 1 aromatic carbocycles. The Morgan fingerprint density at radius 2 is 1.95 bits per heavy atom. The molecule has 0 radical (unpaired) electrons. The summed E-state index contributed by atoms with van der Waals surface area (Å²) in [5.74, 6) is -0.762. The second-order valence-corrected chi connectivity index (χ2v) is 5.99. The minimum Gasteiger partial charge on any atom is -0.465 e. The van der Waals surface area contributed by atoms with Gasteiger partial charge in [-0.1, -0.05) is 23.7 Å². The van der Waals surface area contributed by atoms with E-state index in [9.17, 15) is 13.2 Å². The highest BCUT2D eigenvalue weighted by atomic mass is 35.5. The molecule has 0 aliphatic rings. The second kappa shape index (κ2) is 6.11. The fourth-order valence-corrected chi connectivity index (χ4v) is 3.07. The highest BCUT2D eigenvalue weighted by Gasteiger charge is 2.23. The molecule has 0 amide bonds. The van der Waals surface area contributed by atoms with Crippen molar-refractivity contribution in [3.05, 3.63) is 53.2 Å². The molecule has 2 rings (SSSR count). The van der Waals surface area contributed by atoms with E-state index in [2.05, 4.69) is 14.4 Å². The summed E-state index contributed by atoms with van der Waals surface area (Å²) in [6.07, 6.45) is 1.40. The molecule has 0 aliphatic heterocycles. The van der Waals surface area contributed by atoms with Gasteiger partial charge in [-0.2, -0.15) is 0 Å². The molecule has 6 nitrogen and oxygen atoms in total. The van der Waals surface area contributed by atoms with Gasteiger partial charge in [0.05, 0.1) is 17.7 Å². The third kappa shape index (κ3) is 3.32. The minimum atomic E-state index is -4.02. The van der Waals surface area contributed by atoms with Crippen LogP contribution in [0.3, 0.4) is 0 Å². The fraction of sp³-hybridized carbons (Fsp3) is 0.0769. The number of carbonyl (C=O) groups is 1. The molecule has 1 heterocycles. The molecule has 0 unspecified atom stereocenters. The zero-order valence-electron chi connectivity index (χ0n) is 10.9. The lowest BCUT2D eigenvalue weighted by Gasteiger charge is -2.11. The highest BCUT2D eigenvalue weighted by Crippen LogP contribution is 2.23. The van der Waals surface area contributed by atoms with Crippen LogP contribution >= 0.6 is 11.6 Å². The monoisotopic (exact) mass is 326 g/mol. The number of ether oxygens (including phenoxy) is 1. The third-order valence-electron chi connectivity index (χ3n) is 2.57. The molecule has 21 heavy (non-hydrogen) atoms. The first-order valence-corrected chi connectivity index (χ1v) is 7.62. The predicted molar refractivity (Wildman–Crippen MR) is 77.8 cm³/mol. The van der Waals surface area contributed by atoms with E-state index in [4.69, 9.17) is 11.6 Å². The summed E-state index contributed by atoms with van der Waals surface area (Å²) in [5.41, 5.74) is -0.0699. The van der Waals surface area contributed by atoms with Crippen LogP contribution in [0.2, 0.25) is 5.02 Å². The third-order valence-corrected chi connectivity index (χ3v) is 4.27. The summed E-state index contributed by atoms with van der Waals surface area (Å²) in [5, 5.41) is 0.150. The van der Waals surface area contributed by atoms with Gasteiger partial charge in [-0.05, 0) is 24.3 Å². The average molecular weight is 327 g/mol. The zero-order chi connectivity index (χ0) is 15.5. The van der Waals surface area contributed by atoms with Crippen LogP contribution in [-0.4, -0.2) is 26.5 Å². The number of nitrogens with zero attached hydrogens (tertiary/aromatic N) is 1. The first-order valence-electron chi connectivity index (χ1n) is 5.76. The average Bonchev–Trinajstić information content (AvgIpc) is 2.48. The van der Waals surface area contributed by atoms with Crippen molar-refractivity contribution in [2.24, 2.45) is 0 Å². The summed E-state index contributed by atoms with van der Waals surface area (Å²) in [4.78, 5) is 15.3. The van der Waals surface area contributed by atoms with Crippen molar-refractivity contribution in [3.63, 3.8) is 0 Å². The number of anilines is 1. The Hall–Kier alpha value is -2.12. The van der Waals surface area contributed by atoms with E-state index in [0.29, 0.717) is 0 Å². The Balaban J connectivity index is 2.46. The number of esters is 1. The van der Waals surface area contributed by atoms with E-state index in [1.54, 1.807) is 12.1 Å². The minimum absolute atomic E-state index is 0.0150. The van der Waals surface area contributed by atoms with Gasteiger partial charge in [-0.25, -0.2) is 18.2 Å². The number of hydrogen-bond donors (Lipinski definition) is 1. The number of nitrogens with one attached hydrogen (secondary N) is 1. The summed E-state index contributed by atoms with van der Waals surface area (Å²) in [6, 6.07) is 8.77. The number of benzene rings is 1. The van der Waals surface area contributed by atoms with E-state index in [0.717, 1.165) is 0 Å². The van der Waals surface area contributed by atoms with Gasteiger partial charge in [0.15, 0.2) is 5.82 Å². The molecule has 0 bridgehead atoms. The molecule has 0 spiro atoms. The summed E-state index contributed by atoms with van der Waals surface area (Å²) < 4.78 is 31.6. The number of aromatic nitrogens is 1. The van der Waals surface area contributed by atoms with Crippen LogP contribution < -0.4 is 4.72 Å². The van der Waals surface area contributed by atoms with Gasteiger partial charge in [0, 0.05) is 6.20 Å². The van der Waals surface area contributed by atoms with E-state index < -0.39 is 16.0 Å². The predicted octanol–water partition coefficient (Wildman–Crippen LogP) is 2.32. The van der Waals surface area contributed by atoms with Crippen LogP contribution in [0.25, 0.3) is 0 Å². The Morgan fingerprint density at radius 3 is 2.62 bits per heavy atom. The van der Waals surface area contributed by atoms with Crippen LogP contribution in [0, 0.1) is 0 Å². The first kappa shape index (κ1) is 15.3. The maximum Gasteiger partial charge on any atom is 0.339 e. The van der Waals surface area contributed by atoms with Crippen molar-refractivity contribution < 1.29 is 17.9 Å². The number of halogens is 1. The molecule has 2 aromatic rings. The van der Waals surface area contributed by atoms with Gasteiger partial charge in [-0.3, -0.25) is 4.72 Å². The maximum atomic E-state index is 12.4. The van der Waals surface area contributed by atoms with Crippen LogP contribution in [0.4, 0.5) is 5.82 Å².